The van der Waals surface area contributed by atoms with Gasteiger partial charge in [-0.15, -0.1) is 0 Å². The Bertz CT molecular complexity index is 507. The Morgan fingerprint density at radius 2 is 2.28 bits per heavy atom. The molecule has 0 aliphatic rings. The van der Waals surface area contributed by atoms with Gasteiger partial charge in [-0.05, 0) is 13.8 Å². The summed E-state index contributed by atoms with van der Waals surface area (Å²) in [6.07, 6.45) is 2.88. The van der Waals surface area contributed by atoms with E-state index < -0.39 is 10.9 Å². The number of nitrogens with zero attached hydrogens (tertiary/aromatic N) is 2. The van der Waals surface area contributed by atoms with Crippen LogP contribution in [-0.2, 0) is 0 Å². The van der Waals surface area contributed by atoms with Crippen molar-refractivity contribution in [1.82, 2.24) is 4.98 Å². The van der Waals surface area contributed by atoms with Crippen LogP contribution in [0, 0.1) is 10.1 Å². The maximum atomic E-state index is 11.0. The van der Waals surface area contributed by atoms with Crippen molar-refractivity contribution < 1.29 is 14.8 Å². The molecular formula is C11H13N3O4. The first-order valence-corrected chi connectivity index (χ1v) is 5.16. The zero-order chi connectivity index (χ0) is 13.7. The Kier molecular flexibility index (Phi) is 4.36. The number of carbonyl (C=O) groups is 1. The van der Waals surface area contributed by atoms with Crippen molar-refractivity contribution in [2.75, 3.05) is 11.9 Å². The number of nitrogens with one attached hydrogen (secondary N) is 1. The van der Waals surface area contributed by atoms with E-state index in [9.17, 15) is 14.9 Å². The lowest BCUT2D eigenvalue weighted by Crippen LogP contribution is -2.09. The molecule has 1 heterocycles. The third-order valence-corrected chi connectivity index (χ3v) is 2.09. The molecule has 0 bridgehead atoms. The Morgan fingerprint density at radius 3 is 2.78 bits per heavy atom. The zero-order valence-corrected chi connectivity index (χ0v) is 10.0. The van der Waals surface area contributed by atoms with Crippen LogP contribution in [0.25, 0.3) is 0 Å². The fourth-order valence-electron chi connectivity index (χ4n) is 1.21. The Morgan fingerprint density at radius 1 is 1.61 bits per heavy atom. The average Bonchev–Trinajstić information content (AvgIpc) is 2.28. The van der Waals surface area contributed by atoms with E-state index in [0.717, 1.165) is 17.8 Å². The fourth-order valence-corrected chi connectivity index (χ4v) is 1.21. The molecule has 0 unspecified atom stereocenters. The molecular weight excluding hydrogens is 238 g/mol. The molecule has 0 atom stereocenters. The van der Waals surface area contributed by atoms with Crippen molar-refractivity contribution in [3.05, 3.63) is 39.6 Å². The second kappa shape index (κ2) is 5.76. The van der Waals surface area contributed by atoms with Crippen molar-refractivity contribution in [3.8, 4) is 0 Å². The molecule has 0 spiro atoms. The summed E-state index contributed by atoms with van der Waals surface area (Å²) in [6, 6.07) is 0.986. The number of carboxylic acid groups (broad SMARTS) is 1. The molecule has 0 fully saturated rings. The van der Waals surface area contributed by atoms with E-state index in [4.69, 9.17) is 5.11 Å². The van der Waals surface area contributed by atoms with Gasteiger partial charge in [-0.1, -0.05) is 11.6 Å². The van der Waals surface area contributed by atoms with Gasteiger partial charge in [0.15, 0.2) is 0 Å². The van der Waals surface area contributed by atoms with E-state index in [-0.39, 0.29) is 17.1 Å². The van der Waals surface area contributed by atoms with Gasteiger partial charge in [-0.3, -0.25) is 10.1 Å². The van der Waals surface area contributed by atoms with Gasteiger partial charge in [-0.25, -0.2) is 9.78 Å². The maximum absolute atomic E-state index is 11.0. The number of rotatable bonds is 5. The first kappa shape index (κ1) is 13.6. The lowest BCUT2D eigenvalue weighted by atomic mass is 10.2. The van der Waals surface area contributed by atoms with Gasteiger partial charge >= 0.3 is 5.97 Å². The number of hydrogen-bond acceptors (Lipinski definition) is 5. The van der Waals surface area contributed by atoms with Crippen LogP contribution in [0.2, 0.25) is 0 Å². The third-order valence-electron chi connectivity index (χ3n) is 2.09. The molecule has 1 aromatic heterocycles. The summed E-state index contributed by atoms with van der Waals surface area (Å²) in [7, 11) is 0. The quantitative estimate of drug-likeness (QED) is 0.471. The molecule has 1 aromatic rings. The molecule has 0 radical (unpaired) electrons. The first-order valence-electron chi connectivity index (χ1n) is 5.16. The van der Waals surface area contributed by atoms with Gasteiger partial charge in [-0.2, -0.15) is 0 Å². The Labute approximate surface area is 103 Å². The monoisotopic (exact) mass is 251 g/mol. The molecule has 0 aromatic carbocycles. The predicted molar refractivity (Wildman–Crippen MR) is 65.8 cm³/mol. The maximum Gasteiger partial charge on any atom is 0.339 e. The summed E-state index contributed by atoms with van der Waals surface area (Å²) in [5.74, 6) is -1.14. The van der Waals surface area contributed by atoms with Gasteiger partial charge < -0.3 is 10.4 Å². The number of allylic oxidation sites excluding steroid dienone is 1. The van der Waals surface area contributed by atoms with Gasteiger partial charge in [0.25, 0.3) is 5.69 Å². The number of anilines is 1. The average molecular weight is 251 g/mol. The Balaban J connectivity index is 3.01. The molecule has 0 aliphatic carbocycles. The van der Waals surface area contributed by atoms with E-state index in [1.54, 1.807) is 0 Å². The normalized spacial score (nSPS) is 9.67. The highest BCUT2D eigenvalue weighted by Gasteiger charge is 2.16. The topological polar surface area (TPSA) is 105 Å². The van der Waals surface area contributed by atoms with Crippen LogP contribution in [0.5, 0.6) is 0 Å². The van der Waals surface area contributed by atoms with Gasteiger partial charge in [0, 0.05) is 12.6 Å². The molecule has 7 heteroatoms. The van der Waals surface area contributed by atoms with Crippen LogP contribution in [-0.4, -0.2) is 27.5 Å². The van der Waals surface area contributed by atoms with Crippen molar-refractivity contribution in [1.29, 1.82) is 0 Å². The highest BCUT2D eigenvalue weighted by molar-refractivity contribution is 5.93. The fraction of sp³-hybridized carbons (Fsp3) is 0.273. The second-order valence-corrected chi connectivity index (χ2v) is 3.81. The third kappa shape index (κ3) is 3.55. The van der Waals surface area contributed by atoms with Gasteiger partial charge in [0.05, 0.1) is 4.92 Å². The number of hydrogen-bond donors (Lipinski definition) is 2. The summed E-state index contributed by atoms with van der Waals surface area (Å²) in [4.78, 5) is 24.6. The molecule has 2 N–H and O–H groups in total. The van der Waals surface area contributed by atoms with Gasteiger partial charge in [0.2, 0.25) is 0 Å². The number of aromatic nitrogens is 1. The molecule has 0 saturated heterocycles. The molecule has 0 amide bonds. The molecule has 0 aliphatic heterocycles. The van der Waals surface area contributed by atoms with E-state index in [1.165, 1.54) is 0 Å². The largest absolute Gasteiger partial charge is 0.478 e. The molecule has 7 nitrogen and oxygen atoms in total. The summed E-state index contributed by atoms with van der Waals surface area (Å²) in [6.45, 7) is 4.22. The number of nitro groups is 1. The minimum atomic E-state index is -1.26. The highest BCUT2D eigenvalue weighted by atomic mass is 16.6. The van der Waals surface area contributed by atoms with Crippen molar-refractivity contribution in [2.45, 2.75) is 13.8 Å². The number of pyridine rings is 1. The highest BCUT2D eigenvalue weighted by Crippen LogP contribution is 2.18. The van der Waals surface area contributed by atoms with Crippen molar-refractivity contribution in [3.63, 3.8) is 0 Å². The molecule has 18 heavy (non-hydrogen) atoms. The summed E-state index contributed by atoms with van der Waals surface area (Å²) >= 11 is 0. The van der Waals surface area contributed by atoms with Crippen LogP contribution in [0.3, 0.4) is 0 Å². The van der Waals surface area contributed by atoms with Crippen LogP contribution in [0.1, 0.15) is 24.2 Å². The second-order valence-electron chi connectivity index (χ2n) is 3.81. The van der Waals surface area contributed by atoms with E-state index in [0.29, 0.717) is 6.54 Å². The minimum absolute atomic E-state index is 0.116. The lowest BCUT2D eigenvalue weighted by Gasteiger charge is -2.06. The van der Waals surface area contributed by atoms with E-state index in [1.807, 2.05) is 19.9 Å². The SMILES string of the molecule is CC(C)=CCNc1ncc([N+](=O)[O-])cc1C(=O)O. The smallest absolute Gasteiger partial charge is 0.339 e. The standard InChI is InChI=1S/C11H13N3O4/c1-7(2)3-4-12-10-9(11(15)16)5-8(6-13-10)14(17)18/h3,5-6H,4H2,1-2H3,(H,12,13)(H,15,16). The minimum Gasteiger partial charge on any atom is -0.478 e. The van der Waals surface area contributed by atoms with Crippen LogP contribution in [0.15, 0.2) is 23.9 Å². The molecule has 1 rings (SSSR count). The van der Waals surface area contributed by atoms with Crippen LogP contribution >= 0.6 is 0 Å². The summed E-state index contributed by atoms with van der Waals surface area (Å²) in [5.41, 5.74) is 0.507. The Hall–Kier alpha value is -2.44. The first-order chi connectivity index (χ1) is 8.41. The summed E-state index contributed by atoms with van der Waals surface area (Å²) < 4.78 is 0. The van der Waals surface area contributed by atoms with Gasteiger partial charge in [0.1, 0.15) is 17.6 Å². The van der Waals surface area contributed by atoms with E-state index in [2.05, 4.69) is 10.3 Å². The predicted octanol–water partition coefficient (Wildman–Crippen LogP) is 2.07. The zero-order valence-electron chi connectivity index (χ0n) is 10.0. The van der Waals surface area contributed by atoms with Crippen LogP contribution < -0.4 is 5.32 Å². The van der Waals surface area contributed by atoms with Crippen molar-refractivity contribution in [2.24, 2.45) is 0 Å². The van der Waals surface area contributed by atoms with Crippen LogP contribution in [0.4, 0.5) is 11.5 Å². The summed E-state index contributed by atoms with van der Waals surface area (Å²) in [5, 5.41) is 22.3. The van der Waals surface area contributed by atoms with Crippen molar-refractivity contribution >= 4 is 17.5 Å². The lowest BCUT2D eigenvalue weighted by molar-refractivity contribution is -0.385. The number of aromatic carboxylic acids is 1. The number of carboxylic acids is 1. The molecule has 96 valence electrons. The molecule has 0 saturated carbocycles. The van der Waals surface area contributed by atoms with E-state index >= 15 is 0 Å².